The predicted molar refractivity (Wildman–Crippen MR) is 88.9 cm³/mol. The Hall–Kier alpha value is -1.13. The number of fused-ring (bicyclic) bond motifs is 1. The van der Waals surface area contributed by atoms with Crippen molar-refractivity contribution in [1.82, 2.24) is 19.4 Å². The smallest absolute Gasteiger partial charge is 0.160 e. The van der Waals surface area contributed by atoms with Crippen LogP contribution in [-0.4, -0.2) is 40.1 Å². The summed E-state index contributed by atoms with van der Waals surface area (Å²) in [5, 5.41) is -0.131. The van der Waals surface area contributed by atoms with E-state index in [9.17, 15) is 0 Å². The first-order valence-electron chi connectivity index (χ1n) is 7.32. The summed E-state index contributed by atoms with van der Waals surface area (Å²) in [4.78, 5) is 11.5. The first kappa shape index (κ1) is 16.2. The minimum absolute atomic E-state index is 0.114. The minimum atomic E-state index is -0.131. The molecule has 2 rings (SSSR count). The van der Waals surface area contributed by atoms with E-state index in [1.54, 1.807) is 0 Å². The second kappa shape index (κ2) is 5.93. The number of pyridine rings is 1. The zero-order valence-electron chi connectivity index (χ0n) is 13.8. The maximum absolute atomic E-state index is 6.35. The van der Waals surface area contributed by atoms with Crippen LogP contribution in [0.15, 0.2) is 12.3 Å². The van der Waals surface area contributed by atoms with Gasteiger partial charge in [-0.15, -0.1) is 11.6 Å². The van der Waals surface area contributed by atoms with Gasteiger partial charge in [-0.1, -0.05) is 13.8 Å². The first-order valence-corrected chi connectivity index (χ1v) is 7.75. The molecular formula is C16H25ClN4. The maximum atomic E-state index is 6.35. The van der Waals surface area contributed by atoms with Crippen molar-refractivity contribution in [2.24, 2.45) is 5.41 Å². The van der Waals surface area contributed by atoms with E-state index in [1.165, 1.54) is 0 Å². The third kappa shape index (κ3) is 3.55. The lowest BCUT2D eigenvalue weighted by molar-refractivity contribution is 0.211. The van der Waals surface area contributed by atoms with Crippen molar-refractivity contribution in [3.05, 3.63) is 23.7 Å². The Morgan fingerprint density at radius 1 is 1.38 bits per heavy atom. The van der Waals surface area contributed by atoms with E-state index >= 15 is 0 Å². The molecule has 0 spiro atoms. The normalized spacial score (nSPS) is 14.1. The molecule has 2 aromatic rings. The molecule has 5 heteroatoms. The third-order valence-corrected chi connectivity index (χ3v) is 3.75. The number of imidazole rings is 1. The van der Waals surface area contributed by atoms with Crippen molar-refractivity contribution in [3.8, 4) is 0 Å². The van der Waals surface area contributed by atoms with Crippen molar-refractivity contribution in [2.75, 3.05) is 20.6 Å². The number of aromatic nitrogens is 3. The molecule has 2 heterocycles. The second-order valence-electron chi connectivity index (χ2n) is 6.87. The van der Waals surface area contributed by atoms with Gasteiger partial charge in [0.2, 0.25) is 0 Å². The highest BCUT2D eigenvalue weighted by atomic mass is 35.5. The number of hydrogen-bond donors (Lipinski definition) is 0. The van der Waals surface area contributed by atoms with E-state index in [-0.39, 0.29) is 10.8 Å². The lowest BCUT2D eigenvalue weighted by Crippen LogP contribution is -2.33. The Morgan fingerprint density at radius 3 is 2.62 bits per heavy atom. The van der Waals surface area contributed by atoms with Crippen molar-refractivity contribution in [2.45, 2.75) is 39.6 Å². The highest BCUT2D eigenvalue weighted by Crippen LogP contribution is 2.29. The largest absolute Gasteiger partial charge is 0.311 e. The number of nitrogens with zero attached hydrogens (tertiary/aromatic N) is 4. The van der Waals surface area contributed by atoms with Gasteiger partial charge in [0.15, 0.2) is 5.65 Å². The molecule has 2 aromatic heterocycles. The van der Waals surface area contributed by atoms with Crippen molar-refractivity contribution >= 4 is 22.8 Å². The SMILES string of the molecule is Cc1ccnc2c1nc(C(C)Cl)n2CC(C)(C)CN(C)C. The Balaban J connectivity index is 2.51. The average Bonchev–Trinajstić information content (AvgIpc) is 2.67. The highest BCUT2D eigenvalue weighted by Gasteiger charge is 2.25. The molecule has 0 aliphatic heterocycles. The fourth-order valence-corrected chi connectivity index (χ4v) is 3.12. The summed E-state index contributed by atoms with van der Waals surface area (Å²) in [6.07, 6.45) is 1.84. The molecule has 0 saturated heterocycles. The van der Waals surface area contributed by atoms with Gasteiger partial charge in [0.1, 0.15) is 11.3 Å². The van der Waals surface area contributed by atoms with E-state index in [0.717, 1.165) is 35.6 Å². The van der Waals surface area contributed by atoms with Crippen molar-refractivity contribution in [1.29, 1.82) is 0 Å². The van der Waals surface area contributed by atoms with Crippen LogP contribution >= 0.6 is 11.6 Å². The van der Waals surface area contributed by atoms with Crippen LogP contribution in [-0.2, 0) is 6.54 Å². The Kier molecular flexibility index (Phi) is 4.59. The Labute approximate surface area is 132 Å². The summed E-state index contributed by atoms with van der Waals surface area (Å²) >= 11 is 6.35. The Bertz CT molecular complexity index is 628. The fraction of sp³-hybridized carbons (Fsp3) is 0.625. The van der Waals surface area contributed by atoms with E-state index in [0.29, 0.717) is 0 Å². The zero-order chi connectivity index (χ0) is 15.8. The molecule has 1 atom stereocenters. The molecule has 4 nitrogen and oxygen atoms in total. The Morgan fingerprint density at radius 2 is 2.05 bits per heavy atom. The van der Waals surface area contributed by atoms with E-state index in [4.69, 9.17) is 16.6 Å². The van der Waals surface area contributed by atoms with Crippen LogP contribution in [0.1, 0.15) is 37.5 Å². The lowest BCUT2D eigenvalue weighted by atomic mass is 9.92. The highest BCUT2D eigenvalue weighted by molar-refractivity contribution is 6.20. The van der Waals surface area contributed by atoms with E-state index in [1.807, 2.05) is 19.2 Å². The minimum Gasteiger partial charge on any atom is -0.311 e. The van der Waals surface area contributed by atoms with Crippen molar-refractivity contribution < 1.29 is 0 Å². The van der Waals surface area contributed by atoms with Gasteiger partial charge in [-0.25, -0.2) is 9.97 Å². The maximum Gasteiger partial charge on any atom is 0.160 e. The number of aryl methyl sites for hydroxylation is 1. The molecule has 0 aliphatic carbocycles. The predicted octanol–water partition coefficient (Wildman–Crippen LogP) is 3.63. The number of alkyl halides is 1. The standard InChI is InChI=1S/C16H25ClN4/c1-11-7-8-18-15-13(11)19-14(12(2)17)21(15)10-16(3,4)9-20(5)6/h7-8,12H,9-10H2,1-6H3. The topological polar surface area (TPSA) is 34.0 Å². The van der Waals surface area contributed by atoms with Gasteiger partial charge in [-0.05, 0) is 45.0 Å². The molecule has 116 valence electrons. The summed E-state index contributed by atoms with van der Waals surface area (Å²) in [5.74, 6) is 0.903. The number of rotatable bonds is 5. The molecule has 21 heavy (non-hydrogen) atoms. The van der Waals surface area contributed by atoms with Gasteiger partial charge >= 0.3 is 0 Å². The molecule has 0 bridgehead atoms. The number of hydrogen-bond acceptors (Lipinski definition) is 3. The molecule has 0 amide bonds. The van der Waals surface area contributed by atoms with Crippen LogP contribution < -0.4 is 0 Å². The lowest BCUT2D eigenvalue weighted by Gasteiger charge is -2.29. The molecule has 0 radical (unpaired) electrons. The first-order chi connectivity index (χ1) is 9.71. The summed E-state index contributed by atoms with van der Waals surface area (Å²) in [7, 11) is 4.20. The average molecular weight is 309 g/mol. The van der Waals surface area contributed by atoms with Gasteiger partial charge in [-0.2, -0.15) is 0 Å². The summed E-state index contributed by atoms with van der Waals surface area (Å²) in [5.41, 5.74) is 3.15. The number of halogens is 1. The van der Waals surface area contributed by atoms with Gasteiger partial charge in [-0.3, -0.25) is 0 Å². The summed E-state index contributed by atoms with van der Waals surface area (Å²) in [6, 6.07) is 1.99. The van der Waals surface area contributed by atoms with Gasteiger partial charge < -0.3 is 9.47 Å². The molecule has 0 N–H and O–H groups in total. The molecule has 0 fully saturated rings. The molecule has 0 aromatic carbocycles. The van der Waals surface area contributed by atoms with Crippen LogP contribution in [0.2, 0.25) is 0 Å². The van der Waals surface area contributed by atoms with Crippen LogP contribution in [0.5, 0.6) is 0 Å². The molecule has 1 unspecified atom stereocenters. The van der Waals surface area contributed by atoms with Crippen LogP contribution in [0, 0.1) is 12.3 Å². The van der Waals surface area contributed by atoms with Crippen LogP contribution in [0.4, 0.5) is 0 Å². The molecule has 0 aliphatic rings. The van der Waals surface area contributed by atoms with Gasteiger partial charge in [0.05, 0.1) is 5.38 Å². The summed E-state index contributed by atoms with van der Waals surface area (Å²) in [6.45, 7) is 10.4. The zero-order valence-corrected chi connectivity index (χ0v) is 14.6. The quantitative estimate of drug-likeness (QED) is 0.791. The van der Waals surface area contributed by atoms with Crippen LogP contribution in [0.25, 0.3) is 11.2 Å². The molecule has 0 saturated carbocycles. The second-order valence-corrected chi connectivity index (χ2v) is 7.53. The fourth-order valence-electron chi connectivity index (χ4n) is 2.95. The van der Waals surface area contributed by atoms with Gasteiger partial charge in [0.25, 0.3) is 0 Å². The molecular weight excluding hydrogens is 284 g/mol. The summed E-state index contributed by atoms with van der Waals surface area (Å²) < 4.78 is 2.18. The van der Waals surface area contributed by atoms with Crippen molar-refractivity contribution in [3.63, 3.8) is 0 Å². The van der Waals surface area contributed by atoms with E-state index < -0.39 is 0 Å². The van der Waals surface area contributed by atoms with Crippen LogP contribution in [0.3, 0.4) is 0 Å². The monoisotopic (exact) mass is 308 g/mol. The van der Waals surface area contributed by atoms with E-state index in [2.05, 4.69) is 49.3 Å². The van der Waals surface area contributed by atoms with Gasteiger partial charge in [0, 0.05) is 19.3 Å². The third-order valence-electron chi connectivity index (χ3n) is 3.55.